The molecule has 0 heterocycles. The van der Waals surface area contributed by atoms with Gasteiger partial charge in [0.05, 0.1) is 4.91 Å². The molecular weight excluding hydrogens is 208 g/mol. The first-order valence-electron chi connectivity index (χ1n) is 3.49. The standard InChI is InChI=1S/C9H7ClO2S/c10-7-3-1-6(2-4-7)5-8(13)9(11)12/h1-5,13H,(H,11,12). The molecule has 4 heteroatoms. The van der Waals surface area contributed by atoms with Gasteiger partial charge in [-0.1, -0.05) is 23.7 Å². The molecule has 0 aliphatic carbocycles. The molecule has 1 rings (SSSR count). The summed E-state index contributed by atoms with van der Waals surface area (Å²) < 4.78 is 0. The van der Waals surface area contributed by atoms with Gasteiger partial charge in [0.25, 0.3) is 0 Å². The largest absolute Gasteiger partial charge is 0.477 e. The van der Waals surface area contributed by atoms with Crippen molar-refractivity contribution in [2.45, 2.75) is 0 Å². The highest BCUT2D eigenvalue weighted by Gasteiger charge is 2.00. The number of aliphatic carboxylic acids is 1. The molecule has 0 saturated heterocycles. The zero-order valence-electron chi connectivity index (χ0n) is 6.57. The van der Waals surface area contributed by atoms with E-state index >= 15 is 0 Å². The van der Waals surface area contributed by atoms with E-state index in [-0.39, 0.29) is 4.91 Å². The van der Waals surface area contributed by atoms with Crippen molar-refractivity contribution in [3.63, 3.8) is 0 Å². The summed E-state index contributed by atoms with van der Waals surface area (Å²) in [5, 5.41) is 9.15. The van der Waals surface area contributed by atoms with Crippen LogP contribution in [0.4, 0.5) is 0 Å². The molecule has 0 saturated carbocycles. The lowest BCUT2D eigenvalue weighted by Gasteiger charge is -1.94. The second-order valence-corrected chi connectivity index (χ2v) is 3.30. The normalized spacial score (nSPS) is 11.4. The van der Waals surface area contributed by atoms with E-state index in [2.05, 4.69) is 12.6 Å². The van der Waals surface area contributed by atoms with Crippen molar-refractivity contribution in [3.8, 4) is 0 Å². The van der Waals surface area contributed by atoms with Gasteiger partial charge in [-0.05, 0) is 23.8 Å². The third-order valence-corrected chi connectivity index (χ3v) is 1.96. The number of hydrogen-bond acceptors (Lipinski definition) is 2. The number of thiol groups is 1. The van der Waals surface area contributed by atoms with Gasteiger partial charge in [0, 0.05) is 5.02 Å². The van der Waals surface area contributed by atoms with Gasteiger partial charge in [-0.3, -0.25) is 0 Å². The fourth-order valence-electron chi connectivity index (χ4n) is 0.779. The second-order valence-electron chi connectivity index (χ2n) is 2.39. The Labute approximate surface area is 86.3 Å². The van der Waals surface area contributed by atoms with Crippen molar-refractivity contribution in [2.24, 2.45) is 0 Å². The molecule has 1 aromatic carbocycles. The summed E-state index contributed by atoms with van der Waals surface area (Å²) in [5.41, 5.74) is 0.761. The Morgan fingerprint density at radius 3 is 2.38 bits per heavy atom. The second kappa shape index (κ2) is 4.35. The van der Waals surface area contributed by atoms with Gasteiger partial charge < -0.3 is 5.11 Å². The number of benzene rings is 1. The highest BCUT2D eigenvalue weighted by atomic mass is 35.5. The number of carboxylic acid groups (broad SMARTS) is 1. The Morgan fingerprint density at radius 1 is 1.38 bits per heavy atom. The highest BCUT2D eigenvalue weighted by Crippen LogP contribution is 2.13. The van der Waals surface area contributed by atoms with Crippen LogP contribution >= 0.6 is 24.2 Å². The molecule has 0 fully saturated rings. The molecule has 0 radical (unpaired) electrons. The summed E-state index contributed by atoms with van der Waals surface area (Å²) in [6, 6.07) is 6.83. The van der Waals surface area contributed by atoms with E-state index in [1.165, 1.54) is 6.08 Å². The molecule has 0 bridgehead atoms. The minimum atomic E-state index is -1.04. The Morgan fingerprint density at radius 2 is 1.92 bits per heavy atom. The molecule has 68 valence electrons. The first-order valence-corrected chi connectivity index (χ1v) is 4.31. The summed E-state index contributed by atoms with van der Waals surface area (Å²) in [7, 11) is 0. The first kappa shape index (κ1) is 10.2. The van der Waals surface area contributed by atoms with Crippen molar-refractivity contribution < 1.29 is 9.90 Å². The van der Waals surface area contributed by atoms with Crippen molar-refractivity contribution in [1.82, 2.24) is 0 Å². The van der Waals surface area contributed by atoms with Gasteiger partial charge >= 0.3 is 5.97 Å². The maximum atomic E-state index is 10.4. The number of carboxylic acids is 1. The van der Waals surface area contributed by atoms with Gasteiger partial charge in [-0.15, -0.1) is 12.6 Å². The van der Waals surface area contributed by atoms with Gasteiger partial charge in [-0.2, -0.15) is 0 Å². The molecule has 0 atom stereocenters. The van der Waals surface area contributed by atoms with Crippen molar-refractivity contribution in [2.75, 3.05) is 0 Å². The van der Waals surface area contributed by atoms with Gasteiger partial charge in [0.15, 0.2) is 0 Å². The van der Waals surface area contributed by atoms with Gasteiger partial charge in [0.2, 0.25) is 0 Å². The van der Waals surface area contributed by atoms with Crippen LogP contribution in [-0.4, -0.2) is 11.1 Å². The zero-order valence-corrected chi connectivity index (χ0v) is 8.22. The van der Waals surface area contributed by atoms with Crippen molar-refractivity contribution >= 4 is 36.3 Å². The van der Waals surface area contributed by atoms with Gasteiger partial charge in [-0.25, -0.2) is 4.79 Å². The van der Waals surface area contributed by atoms with Crippen LogP contribution in [-0.2, 0) is 4.79 Å². The first-order chi connectivity index (χ1) is 6.09. The van der Waals surface area contributed by atoms with Crippen LogP contribution in [0.15, 0.2) is 29.2 Å². The number of rotatable bonds is 2. The smallest absolute Gasteiger partial charge is 0.341 e. The molecule has 0 amide bonds. The van der Waals surface area contributed by atoms with Crippen LogP contribution in [0.5, 0.6) is 0 Å². The monoisotopic (exact) mass is 214 g/mol. The number of halogens is 1. The molecule has 0 spiro atoms. The summed E-state index contributed by atoms with van der Waals surface area (Å²) in [5.74, 6) is -1.04. The predicted octanol–water partition coefficient (Wildman–Crippen LogP) is 2.70. The van der Waals surface area contributed by atoms with E-state index < -0.39 is 5.97 Å². The topological polar surface area (TPSA) is 37.3 Å². The molecule has 1 aromatic rings. The Balaban J connectivity index is 2.92. The lowest BCUT2D eigenvalue weighted by atomic mass is 10.2. The van der Waals surface area contributed by atoms with E-state index in [1.54, 1.807) is 24.3 Å². The third-order valence-electron chi connectivity index (χ3n) is 1.39. The Kier molecular flexibility index (Phi) is 3.39. The zero-order chi connectivity index (χ0) is 9.84. The third kappa shape index (κ3) is 3.13. The van der Waals surface area contributed by atoms with E-state index in [0.717, 1.165) is 5.56 Å². The van der Waals surface area contributed by atoms with E-state index in [4.69, 9.17) is 16.7 Å². The molecule has 0 aromatic heterocycles. The predicted molar refractivity (Wildman–Crippen MR) is 56.1 cm³/mol. The van der Waals surface area contributed by atoms with E-state index in [0.29, 0.717) is 5.02 Å². The van der Waals surface area contributed by atoms with E-state index in [1.807, 2.05) is 0 Å². The molecule has 2 nitrogen and oxygen atoms in total. The van der Waals surface area contributed by atoms with Crippen molar-refractivity contribution in [3.05, 3.63) is 39.8 Å². The maximum absolute atomic E-state index is 10.4. The maximum Gasteiger partial charge on any atom is 0.341 e. The Hall–Kier alpha value is -0.930. The lowest BCUT2D eigenvalue weighted by molar-refractivity contribution is -0.131. The molecule has 0 aliphatic heterocycles. The quantitative estimate of drug-likeness (QED) is 0.587. The molecule has 1 N–H and O–H groups in total. The summed E-state index contributed by atoms with van der Waals surface area (Å²) in [6.45, 7) is 0. The number of carbonyl (C=O) groups is 1. The summed E-state index contributed by atoms with van der Waals surface area (Å²) in [4.78, 5) is 10.4. The minimum Gasteiger partial charge on any atom is -0.477 e. The lowest BCUT2D eigenvalue weighted by Crippen LogP contribution is -1.92. The molecular formula is C9H7ClO2S. The minimum absolute atomic E-state index is 0.00215. The highest BCUT2D eigenvalue weighted by molar-refractivity contribution is 7.85. The van der Waals surface area contributed by atoms with Crippen LogP contribution in [0.1, 0.15) is 5.56 Å². The van der Waals surface area contributed by atoms with Crippen LogP contribution in [0.2, 0.25) is 5.02 Å². The van der Waals surface area contributed by atoms with Crippen LogP contribution in [0.25, 0.3) is 6.08 Å². The fraction of sp³-hybridized carbons (Fsp3) is 0. The average molecular weight is 215 g/mol. The fourth-order valence-corrected chi connectivity index (χ4v) is 1.05. The van der Waals surface area contributed by atoms with Crippen molar-refractivity contribution in [1.29, 1.82) is 0 Å². The molecule has 13 heavy (non-hydrogen) atoms. The number of hydrogen-bond donors (Lipinski definition) is 2. The average Bonchev–Trinajstić information content (AvgIpc) is 2.08. The van der Waals surface area contributed by atoms with Crippen LogP contribution < -0.4 is 0 Å². The summed E-state index contributed by atoms with van der Waals surface area (Å²) >= 11 is 9.45. The molecule has 0 aliphatic rings. The van der Waals surface area contributed by atoms with Crippen LogP contribution in [0.3, 0.4) is 0 Å². The van der Waals surface area contributed by atoms with E-state index in [9.17, 15) is 4.79 Å². The summed E-state index contributed by atoms with van der Waals surface area (Å²) in [6.07, 6.45) is 1.46. The SMILES string of the molecule is O=C(O)C(S)=Cc1ccc(Cl)cc1. The van der Waals surface area contributed by atoms with Crippen LogP contribution in [0, 0.1) is 0 Å². The molecule has 0 unspecified atom stereocenters. The van der Waals surface area contributed by atoms with Gasteiger partial charge in [0.1, 0.15) is 0 Å². The Bertz CT molecular complexity index is 343.